The van der Waals surface area contributed by atoms with E-state index in [-0.39, 0.29) is 11.1 Å². The molecule has 6 heteroatoms. The van der Waals surface area contributed by atoms with E-state index in [4.69, 9.17) is 4.74 Å². The topological polar surface area (TPSA) is 113 Å². The molecule has 0 spiro atoms. The lowest BCUT2D eigenvalue weighted by Crippen LogP contribution is -2.25. The van der Waals surface area contributed by atoms with Crippen molar-refractivity contribution in [2.24, 2.45) is 0 Å². The van der Waals surface area contributed by atoms with E-state index in [2.05, 4.69) is 0 Å². The average Bonchev–Trinajstić information content (AvgIpc) is 2.46. The van der Waals surface area contributed by atoms with Crippen LogP contribution in [-0.4, -0.2) is 18.7 Å². The van der Waals surface area contributed by atoms with E-state index < -0.39 is 18.7 Å². The molecular formula is C16H11O6-3. The first-order valence-electron chi connectivity index (χ1n) is 6.31. The normalized spacial score (nSPS) is 10.3. The van der Waals surface area contributed by atoms with Gasteiger partial charge < -0.3 is 29.6 Å². The predicted molar refractivity (Wildman–Crippen MR) is 70.8 cm³/mol. The second kappa shape index (κ2) is 6.28. The maximum atomic E-state index is 11.0. The molecule has 0 radical (unpaired) electrons. The summed E-state index contributed by atoms with van der Waals surface area (Å²) in [6.45, 7) is 1.01. The van der Waals surface area contributed by atoms with Crippen molar-refractivity contribution in [3.05, 3.63) is 53.1 Å². The lowest BCUT2D eigenvalue weighted by molar-refractivity contribution is -0.413. The molecule has 0 N–H and O–H groups in total. The smallest absolute Gasteiger partial charge is 0.118 e. The summed E-state index contributed by atoms with van der Waals surface area (Å²) in [5.74, 6) is -2.67. The molecule has 0 bridgehead atoms. The Morgan fingerprint density at radius 1 is 0.909 bits per heavy atom. The number of carbonyl (C=O) groups excluding carboxylic acids is 2. The van der Waals surface area contributed by atoms with E-state index >= 15 is 0 Å². The first-order valence-corrected chi connectivity index (χ1v) is 6.31. The molecule has 0 amide bonds. The van der Waals surface area contributed by atoms with Gasteiger partial charge in [-0.25, -0.2) is 0 Å². The van der Waals surface area contributed by atoms with Crippen molar-refractivity contribution in [3.8, 4) is 16.9 Å². The van der Waals surface area contributed by atoms with Gasteiger partial charge in [0.25, 0.3) is 0 Å². The standard InChI is InChI=1S/C16H13O6/c1-9-2-10(7-14(3-9)22-8-17)11-4-12(15(18)19)6-13(5-11)16(20)21/h2-7H,8H2,1H3,(H,18,19)(H,20,21)/q-1/p-2. The number of carboxylic acids is 2. The summed E-state index contributed by atoms with van der Waals surface area (Å²) in [5, 5.41) is 32.6. The van der Waals surface area contributed by atoms with Gasteiger partial charge in [-0.1, -0.05) is 6.07 Å². The van der Waals surface area contributed by atoms with E-state index in [9.17, 15) is 24.9 Å². The van der Waals surface area contributed by atoms with Crippen molar-refractivity contribution in [2.75, 3.05) is 6.79 Å². The van der Waals surface area contributed by atoms with Crippen LogP contribution >= 0.6 is 0 Å². The van der Waals surface area contributed by atoms with Crippen molar-refractivity contribution in [2.45, 2.75) is 6.92 Å². The number of rotatable bonds is 5. The summed E-state index contributed by atoms with van der Waals surface area (Å²) in [7, 11) is 0. The molecule has 0 aliphatic heterocycles. The fraction of sp³-hybridized carbons (Fsp3) is 0.125. The Hall–Kier alpha value is -2.86. The van der Waals surface area contributed by atoms with E-state index in [1.54, 1.807) is 19.1 Å². The molecule has 6 nitrogen and oxygen atoms in total. The van der Waals surface area contributed by atoms with Crippen molar-refractivity contribution in [3.63, 3.8) is 0 Å². The summed E-state index contributed by atoms with van der Waals surface area (Å²) in [4.78, 5) is 22.0. The van der Waals surface area contributed by atoms with Crippen LogP contribution in [0.3, 0.4) is 0 Å². The fourth-order valence-electron chi connectivity index (χ4n) is 2.10. The van der Waals surface area contributed by atoms with E-state index in [1.165, 1.54) is 18.2 Å². The third-order valence-electron chi connectivity index (χ3n) is 3.01. The summed E-state index contributed by atoms with van der Waals surface area (Å²) in [6.07, 6.45) is 0. The average molecular weight is 299 g/mol. The number of carbonyl (C=O) groups is 2. The maximum Gasteiger partial charge on any atom is 0.118 e. The van der Waals surface area contributed by atoms with Crippen LogP contribution < -0.4 is 20.1 Å². The summed E-state index contributed by atoms with van der Waals surface area (Å²) >= 11 is 0. The van der Waals surface area contributed by atoms with Gasteiger partial charge in [-0.15, -0.1) is 0 Å². The van der Waals surface area contributed by atoms with Crippen LogP contribution in [0.25, 0.3) is 11.1 Å². The Morgan fingerprint density at radius 2 is 1.45 bits per heavy atom. The first-order chi connectivity index (χ1) is 10.4. The van der Waals surface area contributed by atoms with Gasteiger partial charge in [0.2, 0.25) is 0 Å². The van der Waals surface area contributed by atoms with Crippen LogP contribution in [0.2, 0.25) is 0 Å². The first kappa shape index (κ1) is 15.5. The minimum atomic E-state index is -1.49. The molecule has 0 saturated carbocycles. The minimum absolute atomic E-state index is 0.274. The Balaban J connectivity index is 2.60. The van der Waals surface area contributed by atoms with Crippen LogP contribution in [0.15, 0.2) is 36.4 Å². The van der Waals surface area contributed by atoms with Gasteiger partial charge in [0, 0.05) is 6.79 Å². The van der Waals surface area contributed by atoms with E-state index in [0.29, 0.717) is 16.9 Å². The quantitative estimate of drug-likeness (QED) is 0.660. The fourth-order valence-corrected chi connectivity index (χ4v) is 2.10. The largest absolute Gasteiger partial charge is 0.824 e. The third-order valence-corrected chi connectivity index (χ3v) is 3.01. The Bertz CT molecular complexity index is 703. The van der Waals surface area contributed by atoms with Crippen molar-refractivity contribution < 1.29 is 29.6 Å². The van der Waals surface area contributed by atoms with Gasteiger partial charge >= 0.3 is 0 Å². The molecule has 0 aliphatic rings. The molecule has 0 unspecified atom stereocenters. The number of aromatic carboxylic acids is 2. The molecule has 0 fully saturated rings. The monoisotopic (exact) mass is 299 g/mol. The number of aryl methyl sites for hydroxylation is 1. The molecule has 22 heavy (non-hydrogen) atoms. The molecule has 0 aromatic heterocycles. The molecule has 2 aromatic rings. The number of hydrogen-bond donors (Lipinski definition) is 0. The van der Waals surface area contributed by atoms with Crippen LogP contribution in [0.1, 0.15) is 26.3 Å². The Labute approximate surface area is 126 Å². The molecule has 0 saturated heterocycles. The molecule has 2 aromatic carbocycles. The van der Waals surface area contributed by atoms with Crippen LogP contribution in [0, 0.1) is 6.92 Å². The van der Waals surface area contributed by atoms with Gasteiger partial charge in [0.15, 0.2) is 0 Å². The number of carboxylic acid groups (broad SMARTS) is 2. The molecular weight excluding hydrogens is 288 g/mol. The molecule has 0 aliphatic carbocycles. The van der Waals surface area contributed by atoms with Crippen molar-refractivity contribution in [1.82, 2.24) is 0 Å². The highest BCUT2D eigenvalue weighted by Crippen LogP contribution is 2.27. The van der Waals surface area contributed by atoms with Crippen molar-refractivity contribution >= 4 is 11.9 Å². The zero-order chi connectivity index (χ0) is 16.3. The van der Waals surface area contributed by atoms with Gasteiger partial charge in [-0.2, -0.15) is 0 Å². The highest BCUT2D eigenvalue weighted by Gasteiger charge is 2.07. The minimum Gasteiger partial charge on any atom is -0.824 e. The zero-order valence-electron chi connectivity index (χ0n) is 11.6. The highest BCUT2D eigenvalue weighted by atomic mass is 16.6. The molecule has 0 atom stereocenters. The lowest BCUT2D eigenvalue weighted by atomic mass is 9.98. The second-order valence-corrected chi connectivity index (χ2v) is 4.67. The van der Waals surface area contributed by atoms with Gasteiger partial charge in [-0.3, -0.25) is 0 Å². The molecule has 0 heterocycles. The van der Waals surface area contributed by atoms with Crippen LogP contribution in [-0.2, 0) is 0 Å². The van der Waals surface area contributed by atoms with E-state index in [0.717, 1.165) is 11.6 Å². The Kier molecular flexibility index (Phi) is 4.43. The lowest BCUT2D eigenvalue weighted by Gasteiger charge is -2.14. The predicted octanol–water partition coefficient (Wildman–Crippen LogP) is -0.914. The summed E-state index contributed by atoms with van der Waals surface area (Å²) in [5.41, 5.74) is 1.10. The summed E-state index contributed by atoms with van der Waals surface area (Å²) < 4.78 is 4.89. The van der Waals surface area contributed by atoms with Crippen molar-refractivity contribution in [1.29, 1.82) is 0 Å². The van der Waals surface area contributed by atoms with E-state index in [1.807, 2.05) is 0 Å². The number of benzene rings is 2. The molecule has 2 rings (SSSR count). The highest BCUT2D eigenvalue weighted by molar-refractivity contribution is 5.94. The molecule has 114 valence electrons. The maximum absolute atomic E-state index is 11.0. The zero-order valence-corrected chi connectivity index (χ0v) is 11.6. The van der Waals surface area contributed by atoms with Crippen LogP contribution in [0.5, 0.6) is 5.75 Å². The number of ether oxygens (including phenoxy) is 1. The number of hydrogen-bond acceptors (Lipinski definition) is 6. The Morgan fingerprint density at radius 3 is 1.95 bits per heavy atom. The van der Waals surface area contributed by atoms with Gasteiger partial charge in [0.05, 0.1) is 11.9 Å². The van der Waals surface area contributed by atoms with Gasteiger partial charge in [-0.05, 0) is 65.1 Å². The van der Waals surface area contributed by atoms with Crippen LogP contribution in [0.4, 0.5) is 0 Å². The van der Waals surface area contributed by atoms with Gasteiger partial charge in [0.1, 0.15) is 5.75 Å². The summed E-state index contributed by atoms with van der Waals surface area (Å²) in [6, 6.07) is 8.43. The second-order valence-electron chi connectivity index (χ2n) is 4.67. The third kappa shape index (κ3) is 3.42. The SMILES string of the molecule is Cc1cc(OC[O-])cc(-c2cc(C(=O)[O-])cc(C(=O)[O-])c2)c1.